The summed E-state index contributed by atoms with van der Waals surface area (Å²) in [5, 5.41) is 2.91. The molecule has 1 aromatic heterocycles. The predicted molar refractivity (Wildman–Crippen MR) is 74.6 cm³/mol. The van der Waals surface area contributed by atoms with Gasteiger partial charge in [-0.05, 0) is 42.6 Å². The zero-order valence-corrected chi connectivity index (χ0v) is 12.0. The Morgan fingerprint density at radius 3 is 2.52 bits per heavy atom. The van der Waals surface area contributed by atoms with E-state index >= 15 is 0 Å². The monoisotopic (exact) mass is 314 g/mol. The van der Waals surface area contributed by atoms with Crippen LogP contribution in [0.2, 0.25) is 5.28 Å². The molecule has 2 rings (SSSR count). The fraction of sp³-hybridized carbons (Fsp3) is 0.308. The number of benzene rings is 1. The number of halogens is 3. The molecule has 0 atom stereocenters. The van der Waals surface area contributed by atoms with E-state index in [1.165, 1.54) is 12.1 Å². The fourth-order valence-corrected chi connectivity index (χ4v) is 1.83. The highest BCUT2D eigenvalue weighted by molar-refractivity contribution is 6.28. The van der Waals surface area contributed by atoms with Crippen molar-refractivity contribution in [2.24, 2.45) is 0 Å². The zero-order chi connectivity index (χ0) is 15.2. The van der Waals surface area contributed by atoms with Crippen molar-refractivity contribution < 1.29 is 13.5 Å². The molecule has 0 aliphatic heterocycles. The molecule has 112 valence electrons. The highest BCUT2D eigenvalue weighted by Gasteiger charge is 2.06. The van der Waals surface area contributed by atoms with Crippen LogP contribution >= 0.6 is 11.6 Å². The van der Waals surface area contributed by atoms with E-state index in [1.807, 2.05) is 0 Å². The van der Waals surface area contributed by atoms with Gasteiger partial charge in [-0.25, -0.2) is 8.78 Å². The Labute approximate surface area is 125 Å². The summed E-state index contributed by atoms with van der Waals surface area (Å²) in [6.45, 7) is 2.58. The molecule has 0 amide bonds. The first-order valence-electron chi connectivity index (χ1n) is 6.30. The molecule has 0 bridgehead atoms. The third-order valence-electron chi connectivity index (χ3n) is 2.48. The number of hydrogen-bond donors (Lipinski definition) is 1. The molecule has 0 radical (unpaired) electrons. The van der Waals surface area contributed by atoms with Crippen LogP contribution in [0.5, 0.6) is 6.01 Å². The molecule has 8 heteroatoms. The first-order chi connectivity index (χ1) is 10.1. The molecular weight excluding hydrogens is 302 g/mol. The second-order valence-corrected chi connectivity index (χ2v) is 4.44. The molecule has 0 aliphatic carbocycles. The van der Waals surface area contributed by atoms with Crippen molar-refractivity contribution in [3.8, 4) is 6.01 Å². The average molecular weight is 315 g/mol. The van der Waals surface area contributed by atoms with Crippen molar-refractivity contribution in [2.75, 3.05) is 18.5 Å². The molecule has 0 fully saturated rings. The van der Waals surface area contributed by atoms with E-state index in [0.29, 0.717) is 25.1 Å². The smallest absolute Gasteiger partial charge is 0.322 e. The van der Waals surface area contributed by atoms with E-state index in [1.54, 1.807) is 6.92 Å². The zero-order valence-electron chi connectivity index (χ0n) is 11.2. The lowest BCUT2D eigenvalue weighted by Crippen LogP contribution is -2.10. The van der Waals surface area contributed by atoms with Crippen molar-refractivity contribution in [3.05, 3.63) is 40.7 Å². The van der Waals surface area contributed by atoms with E-state index in [2.05, 4.69) is 20.3 Å². The summed E-state index contributed by atoms with van der Waals surface area (Å²) >= 11 is 5.74. The van der Waals surface area contributed by atoms with Crippen LogP contribution in [-0.2, 0) is 6.42 Å². The number of rotatable bonds is 6. The molecule has 0 saturated carbocycles. The SMILES string of the molecule is CCOc1nc(Cl)nc(NCCc2cc(F)cc(F)c2)n1. The summed E-state index contributed by atoms with van der Waals surface area (Å²) in [6.07, 6.45) is 0.405. The van der Waals surface area contributed by atoms with Gasteiger partial charge in [-0.3, -0.25) is 0 Å². The maximum Gasteiger partial charge on any atom is 0.322 e. The van der Waals surface area contributed by atoms with Gasteiger partial charge in [-0.2, -0.15) is 15.0 Å². The molecular formula is C13H13ClF2N4O. The van der Waals surface area contributed by atoms with Crippen LogP contribution < -0.4 is 10.1 Å². The van der Waals surface area contributed by atoms with Gasteiger partial charge in [0.05, 0.1) is 6.61 Å². The molecule has 0 saturated heterocycles. The standard InChI is InChI=1S/C13H13ClF2N4O/c1-2-21-13-19-11(14)18-12(20-13)17-4-3-8-5-9(15)7-10(16)6-8/h5-7H,2-4H2,1H3,(H,17,18,19,20). The van der Waals surface area contributed by atoms with Gasteiger partial charge in [0.2, 0.25) is 11.2 Å². The minimum Gasteiger partial charge on any atom is -0.464 e. The van der Waals surface area contributed by atoms with E-state index in [0.717, 1.165) is 6.07 Å². The van der Waals surface area contributed by atoms with E-state index in [4.69, 9.17) is 16.3 Å². The van der Waals surface area contributed by atoms with Gasteiger partial charge < -0.3 is 10.1 Å². The van der Waals surface area contributed by atoms with Gasteiger partial charge in [-0.1, -0.05) is 0 Å². The van der Waals surface area contributed by atoms with Crippen LogP contribution in [0.3, 0.4) is 0 Å². The predicted octanol–water partition coefficient (Wildman–Crippen LogP) is 2.86. The van der Waals surface area contributed by atoms with Crippen LogP contribution in [0, 0.1) is 11.6 Å². The van der Waals surface area contributed by atoms with Crippen LogP contribution in [0.1, 0.15) is 12.5 Å². The van der Waals surface area contributed by atoms with Crippen LogP contribution in [0.15, 0.2) is 18.2 Å². The van der Waals surface area contributed by atoms with E-state index in [9.17, 15) is 8.78 Å². The van der Waals surface area contributed by atoms with Crippen molar-refractivity contribution in [1.82, 2.24) is 15.0 Å². The second-order valence-electron chi connectivity index (χ2n) is 4.10. The first kappa shape index (κ1) is 15.4. The first-order valence-corrected chi connectivity index (χ1v) is 6.68. The maximum absolute atomic E-state index is 13.0. The summed E-state index contributed by atoms with van der Waals surface area (Å²) in [5.74, 6) is -0.964. The van der Waals surface area contributed by atoms with Crippen molar-refractivity contribution >= 4 is 17.5 Å². The molecule has 1 heterocycles. The van der Waals surface area contributed by atoms with Crippen LogP contribution in [0.25, 0.3) is 0 Å². The van der Waals surface area contributed by atoms with E-state index < -0.39 is 11.6 Å². The average Bonchev–Trinajstić information content (AvgIpc) is 2.37. The maximum atomic E-state index is 13.0. The second kappa shape index (κ2) is 7.12. The topological polar surface area (TPSA) is 59.9 Å². The largest absolute Gasteiger partial charge is 0.464 e. The van der Waals surface area contributed by atoms with Gasteiger partial charge in [0, 0.05) is 12.6 Å². The molecule has 5 nitrogen and oxygen atoms in total. The van der Waals surface area contributed by atoms with Crippen LogP contribution in [-0.4, -0.2) is 28.1 Å². The Kier molecular flexibility index (Phi) is 5.21. The Morgan fingerprint density at radius 2 is 1.86 bits per heavy atom. The normalized spacial score (nSPS) is 10.5. The summed E-state index contributed by atoms with van der Waals surface area (Å²) in [7, 11) is 0. The van der Waals surface area contributed by atoms with Crippen molar-refractivity contribution in [2.45, 2.75) is 13.3 Å². The molecule has 2 aromatic rings. The Morgan fingerprint density at radius 1 is 1.14 bits per heavy atom. The molecule has 0 aliphatic rings. The minimum absolute atomic E-state index is 0.00718. The molecule has 21 heavy (non-hydrogen) atoms. The molecule has 1 N–H and O–H groups in total. The molecule has 0 unspecified atom stereocenters. The highest BCUT2D eigenvalue weighted by Crippen LogP contribution is 2.12. The third-order valence-corrected chi connectivity index (χ3v) is 2.65. The molecule has 1 aromatic carbocycles. The number of anilines is 1. The van der Waals surface area contributed by atoms with Crippen molar-refractivity contribution in [1.29, 1.82) is 0 Å². The Bertz CT molecular complexity index is 607. The summed E-state index contributed by atoms with van der Waals surface area (Å²) < 4.78 is 31.2. The number of nitrogens with one attached hydrogen (secondary N) is 1. The Hall–Kier alpha value is -2.02. The lowest BCUT2D eigenvalue weighted by Gasteiger charge is -2.07. The lowest BCUT2D eigenvalue weighted by atomic mass is 10.1. The fourth-order valence-electron chi connectivity index (χ4n) is 1.68. The number of aromatic nitrogens is 3. The molecule has 0 spiro atoms. The summed E-state index contributed by atoms with van der Waals surface area (Å²) in [5.41, 5.74) is 0.533. The quantitative estimate of drug-likeness (QED) is 0.888. The van der Waals surface area contributed by atoms with Gasteiger partial charge in [0.1, 0.15) is 11.6 Å². The van der Waals surface area contributed by atoms with Crippen LogP contribution in [0.4, 0.5) is 14.7 Å². The van der Waals surface area contributed by atoms with E-state index in [-0.39, 0.29) is 17.2 Å². The lowest BCUT2D eigenvalue weighted by molar-refractivity contribution is 0.312. The third kappa shape index (κ3) is 4.78. The Balaban J connectivity index is 1.96. The number of nitrogens with zero attached hydrogens (tertiary/aromatic N) is 3. The highest BCUT2D eigenvalue weighted by atomic mass is 35.5. The summed E-state index contributed by atoms with van der Waals surface area (Å²) in [6, 6.07) is 3.50. The summed E-state index contributed by atoms with van der Waals surface area (Å²) in [4.78, 5) is 11.7. The van der Waals surface area contributed by atoms with Gasteiger partial charge in [-0.15, -0.1) is 0 Å². The number of hydrogen-bond acceptors (Lipinski definition) is 5. The minimum atomic E-state index is -0.605. The number of ether oxygens (including phenoxy) is 1. The van der Waals surface area contributed by atoms with Gasteiger partial charge in [0.25, 0.3) is 0 Å². The van der Waals surface area contributed by atoms with Crippen molar-refractivity contribution in [3.63, 3.8) is 0 Å². The van der Waals surface area contributed by atoms with Gasteiger partial charge >= 0.3 is 6.01 Å². The van der Waals surface area contributed by atoms with Gasteiger partial charge in [0.15, 0.2) is 0 Å².